The minimum Gasteiger partial charge on any atom is -0.293 e. The fourth-order valence-corrected chi connectivity index (χ4v) is 1.32. The average Bonchev–Trinajstić information content (AvgIpc) is 2.08. The molecule has 0 saturated carbocycles. The van der Waals surface area contributed by atoms with Crippen LogP contribution in [0.1, 0.15) is 19.8 Å². The summed E-state index contributed by atoms with van der Waals surface area (Å²) in [6.07, 6.45) is 2.58. The van der Waals surface area contributed by atoms with E-state index >= 15 is 0 Å². The molecule has 0 amide bonds. The molecular formula is C10H14FN. The Bertz CT molecular complexity index is 251. The number of hydrogen-bond donors (Lipinski definition) is 0. The Kier molecular flexibility index (Phi) is 2.79. The molecule has 12 heavy (non-hydrogen) atoms. The lowest BCUT2D eigenvalue weighted by molar-refractivity contribution is 0.423. The summed E-state index contributed by atoms with van der Waals surface area (Å²) in [5, 5.41) is 0. The fourth-order valence-electron chi connectivity index (χ4n) is 1.32. The summed E-state index contributed by atoms with van der Waals surface area (Å²) < 4.78 is 13.4. The summed E-state index contributed by atoms with van der Waals surface area (Å²) in [7, 11) is 1.68. The molecule has 2 heteroatoms. The normalized spacial score (nSPS) is 25.6. The van der Waals surface area contributed by atoms with E-state index in [-0.39, 0.29) is 0 Å². The molecule has 0 aliphatic heterocycles. The van der Waals surface area contributed by atoms with Crippen molar-refractivity contribution < 1.29 is 4.39 Å². The second-order valence-corrected chi connectivity index (χ2v) is 3.03. The lowest BCUT2D eigenvalue weighted by Gasteiger charge is -2.19. The van der Waals surface area contributed by atoms with E-state index in [2.05, 4.69) is 11.6 Å². The lowest BCUT2D eigenvalue weighted by atomic mass is 9.91. The minimum atomic E-state index is -0.998. The highest BCUT2D eigenvalue weighted by atomic mass is 19.1. The summed E-state index contributed by atoms with van der Waals surface area (Å²) in [5.41, 5.74) is 2.16. The van der Waals surface area contributed by atoms with Crippen LogP contribution < -0.4 is 0 Å². The van der Waals surface area contributed by atoms with Crippen LogP contribution in [0.3, 0.4) is 0 Å². The third kappa shape index (κ3) is 1.63. The van der Waals surface area contributed by atoms with Crippen molar-refractivity contribution in [2.75, 3.05) is 7.05 Å². The van der Waals surface area contributed by atoms with Crippen LogP contribution in [0.5, 0.6) is 0 Å². The van der Waals surface area contributed by atoms with Crippen molar-refractivity contribution in [3.8, 4) is 0 Å². The van der Waals surface area contributed by atoms with E-state index in [1.54, 1.807) is 7.05 Å². The molecule has 0 N–H and O–H groups in total. The van der Waals surface area contributed by atoms with Gasteiger partial charge in [-0.3, -0.25) is 4.99 Å². The molecule has 0 bridgehead atoms. The summed E-state index contributed by atoms with van der Waals surface area (Å²) >= 11 is 0. The molecule has 0 aromatic carbocycles. The number of nitrogens with zero attached hydrogens (tertiary/aromatic N) is 1. The first kappa shape index (κ1) is 9.17. The average molecular weight is 167 g/mol. The van der Waals surface area contributed by atoms with E-state index in [1.807, 2.05) is 13.0 Å². The fraction of sp³-hybridized carbons (Fsp3) is 0.500. The number of allylic oxidation sites excluding steroid dienone is 3. The van der Waals surface area contributed by atoms with Gasteiger partial charge in [0.15, 0.2) is 0 Å². The minimum absolute atomic E-state index is 0.676. The number of halogens is 1. The maximum atomic E-state index is 13.4. The molecule has 0 radical (unpaired) electrons. The quantitative estimate of drug-likeness (QED) is 0.420. The van der Waals surface area contributed by atoms with Gasteiger partial charge >= 0.3 is 0 Å². The van der Waals surface area contributed by atoms with Crippen molar-refractivity contribution in [1.82, 2.24) is 0 Å². The number of hydrogen-bond acceptors (Lipinski definition) is 1. The Morgan fingerprint density at radius 3 is 3.00 bits per heavy atom. The molecule has 0 aromatic heterocycles. The van der Waals surface area contributed by atoms with Gasteiger partial charge in [0.25, 0.3) is 0 Å². The van der Waals surface area contributed by atoms with Crippen molar-refractivity contribution in [3.05, 3.63) is 23.8 Å². The first-order valence-electron chi connectivity index (χ1n) is 4.12. The van der Waals surface area contributed by atoms with Crippen LogP contribution in [0.15, 0.2) is 28.8 Å². The zero-order valence-electron chi connectivity index (χ0n) is 7.60. The second kappa shape index (κ2) is 3.65. The predicted molar refractivity (Wildman–Crippen MR) is 50.4 cm³/mol. The monoisotopic (exact) mass is 167 g/mol. The molecule has 0 spiro atoms. The van der Waals surface area contributed by atoms with Crippen molar-refractivity contribution in [1.29, 1.82) is 0 Å². The highest BCUT2D eigenvalue weighted by Gasteiger charge is 2.21. The molecule has 0 unspecified atom stereocenters. The predicted octanol–water partition coefficient (Wildman–Crippen LogP) is 2.69. The lowest BCUT2D eigenvalue weighted by Crippen LogP contribution is -2.17. The standard InChI is InChI=1S/C10H14FN/c1-7-5-4-6-9(10(7)11)8(2)12-3/h6,10H,1,4-5H2,2-3H3/b12-8+/t10-/m1/s1. The van der Waals surface area contributed by atoms with E-state index in [9.17, 15) is 4.39 Å². The molecule has 1 nitrogen and oxygen atoms in total. The second-order valence-electron chi connectivity index (χ2n) is 3.03. The Morgan fingerprint density at radius 1 is 1.75 bits per heavy atom. The summed E-state index contributed by atoms with van der Waals surface area (Å²) in [6, 6.07) is 0. The Labute approximate surface area is 72.7 Å². The largest absolute Gasteiger partial charge is 0.293 e. The van der Waals surface area contributed by atoms with Gasteiger partial charge in [0.1, 0.15) is 6.17 Å². The van der Waals surface area contributed by atoms with Gasteiger partial charge in [-0.2, -0.15) is 0 Å². The maximum Gasteiger partial charge on any atom is 0.147 e. The van der Waals surface area contributed by atoms with Gasteiger partial charge < -0.3 is 0 Å². The Morgan fingerprint density at radius 2 is 2.42 bits per heavy atom. The van der Waals surface area contributed by atoms with Gasteiger partial charge in [-0.25, -0.2) is 4.39 Å². The van der Waals surface area contributed by atoms with E-state index in [0.29, 0.717) is 11.1 Å². The van der Waals surface area contributed by atoms with Crippen LogP contribution in [0.4, 0.5) is 4.39 Å². The van der Waals surface area contributed by atoms with Gasteiger partial charge in [-0.05, 0) is 25.3 Å². The molecule has 66 valence electrons. The molecule has 0 heterocycles. The first-order chi connectivity index (χ1) is 5.66. The van der Waals surface area contributed by atoms with Crippen molar-refractivity contribution >= 4 is 5.71 Å². The van der Waals surface area contributed by atoms with Crippen LogP contribution in [0.2, 0.25) is 0 Å². The molecule has 0 fully saturated rings. The first-order valence-corrected chi connectivity index (χ1v) is 4.12. The third-order valence-electron chi connectivity index (χ3n) is 2.21. The summed E-state index contributed by atoms with van der Waals surface area (Å²) in [4.78, 5) is 3.96. The number of alkyl halides is 1. The zero-order chi connectivity index (χ0) is 9.14. The van der Waals surface area contributed by atoms with Crippen LogP contribution in [0, 0.1) is 0 Å². The summed E-state index contributed by atoms with van der Waals surface area (Å²) in [6.45, 7) is 5.52. The molecule has 0 aromatic rings. The Hall–Kier alpha value is -0.920. The van der Waals surface area contributed by atoms with Gasteiger partial charge in [-0.1, -0.05) is 12.7 Å². The molecule has 1 rings (SSSR count). The van der Waals surface area contributed by atoms with E-state index in [1.165, 1.54) is 0 Å². The van der Waals surface area contributed by atoms with Crippen LogP contribution in [0.25, 0.3) is 0 Å². The number of rotatable bonds is 1. The van der Waals surface area contributed by atoms with Gasteiger partial charge in [0.2, 0.25) is 0 Å². The van der Waals surface area contributed by atoms with Crippen LogP contribution in [-0.4, -0.2) is 18.9 Å². The van der Waals surface area contributed by atoms with Gasteiger partial charge in [0, 0.05) is 18.3 Å². The maximum absolute atomic E-state index is 13.4. The molecule has 1 aliphatic rings. The van der Waals surface area contributed by atoms with Gasteiger partial charge in [-0.15, -0.1) is 0 Å². The highest BCUT2D eigenvalue weighted by molar-refractivity contribution is 5.99. The van der Waals surface area contributed by atoms with E-state index < -0.39 is 6.17 Å². The molecular weight excluding hydrogens is 153 g/mol. The Balaban J connectivity index is 2.89. The van der Waals surface area contributed by atoms with Crippen molar-refractivity contribution in [2.24, 2.45) is 4.99 Å². The number of aliphatic imine (C=N–C) groups is 1. The highest BCUT2D eigenvalue weighted by Crippen LogP contribution is 2.26. The summed E-state index contributed by atoms with van der Waals surface area (Å²) in [5.74, 6) is 0. The molecule has 1 aliphatic carbocycles. The van der Waals surface area contributed by atoms with Crippen LogP contribution >= 0.6 is 0 Å². The van der Waals surface area contributed by atoms with Crippen molar-refractivity contribution in [3.63, 3.8) is 0 Å². The van der Waals surface area contributed by atoms with Crippen LogP contribution in [-0.2, 0) is 0 Å². The molecule has 1 atom stereocenters. The molecule has 0 saturated heterocycles. The smallest absolute Gasteiger partial charge is 0.147 e. The third-order valence-corrected chi connectivity index (χ3v) is 2.21. The van der Waals surface area contributed by atoms with Gasteiger partial charge in [0.05, 0.1) is 0 Å². The zero-order valence-corrected chi connectivity index (χ0v) is 7.60. The van der Waals surface area contributed by atoms with Crippen molar-refractivity contribution in [2.45, 2.75) is 25.9 Å². The SMILES string of the molecule is C=C1CCC=C(/C(C)=N/C)[C@@H]1F. The van der Waals surface area contributed by atoms with E-state index in [0.717, 1.165) is 18.6 Å². The topological polar surface area (TPSA) is 12.4 Å². The van der Waals surface area contributed by atoms with E-state index in [4.69, 9.17) is 0 Å².